The number of ether oxygens (including phenoxy) is 2. The first-order valence-corrected chi connectivity index (χ1v) is 14.1. The highest BCUT2D eigenvalue weighted by Gasteiger charge is 2.30. The van der Waals surface area contributed by atoms with Gasteiger partial charge in [0, 0.05) is 11.1 Å². The molecule has 4 rings (SSSR count). The molecule has 1 amide bonds. The fourth-order valence-electron chi connectivity index (χ4n) is 3.46. The van der Waals surface area contributed by atoms with Gasteiger partial charge in [0.2, 0.25) is 5.91 Å². The van der Waals surface area contributed by atoms with E-state index in [4.69, 9.17) is 32.7 Å². The van der Waals surface area contributed by atoms with Gasteiger partial charge < -0.3 is 14.8 Å². The molecule has 0 saturated heterocycles. The van der Waals surface area contributed by atoms with Crippen LogP contribution in [0.1, 0.15) is 22.4 Å². The molecule has 7 nitrogen and oxygen atoms in total. The van der Waals surface area contributed by atoms with E-state index in [9.17, 15) is 18.0 Å². The third kappa shape index (κ3) is 8.59. The molecule has 41 heavy (non-hydrogen) atoms. The summed E-state index contributed by atoms with van der Waals surface area (Å²) in [5, 5.41) is 9.68. The van der Waals surface area contributed by atoms with E-state index in [0.717, 1.165) is 17.7 Å². The summed E-state index contributed by atoms with van der Waals surface area (Å²) < 4.78 is 50.8. The lowest BCUT2D eigenvalue weighted by atomic mass is 10.2. The summed E-state index contributed by atoms with van der Waals surface area (Å²) in [5.74, 6) is 0.484. The largest absolute Gasteiger partial charge is 0.493 e. The van der Waals surface area contributed by atoms with Gasteiger partial charge in [-0.3, -0.25) is 4.79 Å². The van der Waals surface area contributed by atoms with Gasteiger partial charge >= 0.3 is 6.18 Å². The van der Waals surface area contributed by atoms with Crippen molar-refractivity contribution in [2.75, 3.05) is 12.4 Å². The molecule has 0 unspecified atom stereocenters. The molecule has 0 aliphatic carbocycles. The molecule has 0 radical (unpaired) electrons. The van der Waals surface area contributed by atoms with Crippen molar-refractivity contribution in [3.8, 4) is 11.5 Å². The molecular weight excluding hydrogens is 668 g/mol. The van der Waals surface area contributed by atoms with Crippen molar-refractivity contribution < 1.29 is 27.4 Å². The van der Waals surface area contributed by atoms with Crippen LogP contribution in [-0.4, -0.2) is 24.2 Å². The number of halogens is 6. The van der Waals surface area contributed by atoms with E-state index in [2.05, 4.69) is 36.8 Å². The summed E-state index contributed by atoms with van der Waals surface area (Å²) in [6.45, 7) is 0.225. The zero-order valence-corrected chi connectivity index (χ0v) is 25.0. The predicted molar refractivity (Wildman–Crippen MR) is 158 cm³/mol. The molecule has 0 spiro atoms. The summed E-state index contributed by atoms with van der Waals surface area (Å²) in [4.78, 5) is 16.6. The average Bonchev–Trinajstić information content (AvgIpc) is 3.35. The zero-order valence-electron chi connectivity index (χ0n) is 21.1. The quantitative estimate of drug-likeness (QED) is 0.130. The van der Waals surface area contributed by atoms with Crippen LogP contribution in [0.4, 0.5) is 24.0 Å². The highest BCUT2D eigenvalue weighted by Crippen LogP contribution is 2.37. The van der Waals surface area contributed by atoms with Crippen LogP contribution in [0.5, 0.6) is 11.5 Å². The van der Waals surface area contributed by atoms with Gasteiger partial charge in [-0.05, 0) is 69.5 Å². The van der Waals surface area contributed by atoms with Crippen LogP contribution in [0.2, 0.25) is 10.0 Å². The van der Waals surface area contributed by atoms with Crippen LogP contribution in [0.3, 0.4) is 0 Å². The lowest BCUT2D eigenvalue weighted by molar-refractivity contribution is -0.137. The summed E-state index contributed by atoms with van der Waals surface area (Å²) in [6.07, 6.45) is -3.09. The molecule has 2 N–H and O–H groups in total. The third-order valence-corrected chi connectivity index (χ3v) is 7.49. The number of hydrogen-bond acceptors (Lipinski definition) is 7. The predicted octanol–water partition coefficient (Wildman–Crippen LogP) is 8.26. The second-order valence-electron chi connectivity index (χ2n) is 8.39. The van der Waals surface area contributed by atoms with Crippen LogP contribution in [0.25, 0.3) is 0 Å². The lowest BCUT2D eigenvalue weighted by Crippen LogP contribution is -2.20. The maximum atomic E-state index is 12.9. The number of nitrogens with one attached hydrogen (secondary N) is 2. The molecule has 0 aliphatic heterocycles. The highest BCUT2D eigenvalue weighted by molar-refractivity contribution is 9.10. The van der Waals surface area contributed by atoms with Crippen LogP contribution in [0, 0.1) is 0 Å². The average molecular weight is 688 g/mol. The Balaban J connectivity index is 1.32. The number of rotatable bonds is 10. The summed E-state index contributed by atoms with van der Waals surface area (Å²) in [6, 6.07) is 13.4. The molecule has 0 bridgehead atoms. The van der Waals surface area contributed by atoms with Crippen LogP contribution in [0.15, 0.2) is 69.6 Å². The zero-order chi connectivity index (χ0) is 29.6. The van der Waals surface area contributed by atoms with E-state index in [1.165, 1.54) is 36.8 Å². The first kappa shape index (κ1) is 30.6. The Morgan fingerprint density at radius 2 is 1.95 bits per heavy atom. The Morgan fingerprint density at radius 3 is 2.68 bits per heavy atom. The highest BCUT2D eigenvalue weighted by atomic mass is 79.9. The topological polar surface area (TPSA) is 84.8 Å². The van der Waals surface area contributed by atoms with Gasteiger partial charge in [-0.1, -0.05) is 35.3 Å². The number of aromatic nitrogens is 1. The minimum Gasteiger partial charge on any atom is -0.493 e. The van der Waals surface area contributed by atoms with E-state index in [1.54, 1.807) is 35.7 Å². The van der Waals surface area contributed by atoms with Crippen molar-refractivity contribution >= 4 is 73.4 Å². The number of amides is 1. The molecule has 0 aliphatic rings. The fraction of sp³-hybridized carbons (Fsp3) is 0.148. The van der Waals surface area contributed by atoms with E-state index in [0.29, 0.717) is 42.4 Å². The summed E-state index contributed by atoms with van der Waals surface area (Å²) >= 11 is 16.7. The molecule has 1 heterocycles. The molecule has 3 aromatic carbocycles. The van der Waals surface area contributed by atoms with E-state index in [1.807, 2.05) is 0 Å². The molecule has 214 valence electrons. The normalized spacial score (nSPS) is 11.5. The van der Waals surface area contributed by atoms with Crippen molar-refractivity contribution in [1.29, 1.82) is 0 Å². The van der Waals surface area contributed by atoms with E-state index < -0.39 is 17.6 Å². The fourth-order valence-corrected chi connectivity index (χ4v) is 5.09. The van der Waals surface area contributed by atoms with Crippen molar-refractivity contribution in [3.05, 3.63) is 96.9 Å². The van der Waals surface area contributed by atoms with Crippen molar-refractivity contribution in [1.82, 2.24) is 10.4 Å². The second kappa shape index (κ2) is 13.6. The minimum atomic E-state index is -4.45. The number of carbonyl (C=O) groups excluding carboxylic acids is 1. The Labute approximate surface area is 255 Å². The minimum absolute atomic E-state index is 0.0768. The Kier molecular flexibility index (Phi) is 10.1. The third-order valence-electron chi connectivity index (χ3n) is 5.36. The SMILES string of the molecule is COc1cc(/C=N\NC(=O)Cc2csc(Nc3cccc(C(F)(F)F)c3)n2)cc(Br)c1OCc1ccc(Cl)c(Cl)c1. The Hall–Kier alpha value is -3.32. The molecule has 14 heteroatoms. The van der Waals surface area contributed by atoms with Crippen molar-refractivity contribution in [3.63, 3.8) is 0 Å². The van der Waals surface area contributed by atoms with Gasteiger partial charge in [0.15, 0.2) is 16.6 Å². The number of hydrogen-bond donors (Lipinski definition) is 2. The standard InChI is InChI=1S/C27H20BrCl2F3N4O3S/c1-39-23-9-16(7-20(28)25(23)40-13-15-5-6-21(29)22(30)8-15)12-34-37-24(38)11-19-14-41-26(36-19)35-18-4-2-3-17(10-18)27(31,32)33/h2-10,12,14H,11,13H2,1H3,(H,35,36)(H,37,38)/b34-12-. The van der Waals surface area contributed by atoms with E-state index in [-0.39, 0.29) is 18.7 Å². The molecular formula is C27H20BrCl2F3N4O3S. The number of anilines is 2. The summed E-state index contributed by atoms with van der Waals surface area (Å²) in [5.41, 5.74) is 3.77. The number of nitrogens with zero attached hydrogens (tertiary/aromatic N) is 2. The van der Waals surface area contributed by atoms with Gasteiger partial charge in [0.1, 0.15) is 6.61 Å². The Morgan fingerprint density at radius 1 is 1.15 bits per heavy atom. The first-order chi connectivity index (χ1) is 19.5. The van der Waals surface area contributed by atoms with Crippen LogP contribution in [-0.2, 0) is 24.0 Å². The maximum Gasteiger partial charge on any atom is 0.416 e. The van der Waals surface area contributed by atoms with Crippen LogP contribution >= 0.6 is 50.5 Å². The molecule has 0 fully saturated rings. The van der Waals surface area contributed by atoms with Gasteiger partial charge in [-0.2, -0.15) is 18.3 Å². The lowest BCUT2D eigenvalue weighted by Gasteiger charge is -2.14. The first-order valence-electron chi connectivity index (χ1n) is 11.7. The Bertz CT molecular complexity index is 1580. The molecule has 0 atom stereocenters. The van der Waals surface area contributed by atoms with Gasteiger partial charge in [-0.15, -0.1) is 11.3 Å². The van der Waals surface area contributed by atoms with Gasteiger partial charge in [0.25, 0.3) is 0 Å². The van der Waals surface area contributed by atoms with Gasteiger partial charge in [-0.25, -0.2) is 10.4 Å². The van der Waals surface area contributed by atoms with Crippen molar-refractivity contribution in [2.45, 2.75) is 19.2 Å². The molecule has 4 aromatic rings. The number of methoxy groups -OCH3 is 1. The number of carbonyl (C=O) groups is 1. The maximum absolute atomic E-state index is 12.9. The number of thiazole rings is 1. The van der Waals surface area contributed by atoms with Gasteiger partial charge in [0.05, 0.1) is 45.5 Å². The number of hydrazone groups is 1. The number of alkyl halides is 3. The summed E-state index contributed by atoms with van der Waals surface area (Å²) in [7, 11) is 1.50. The van der Waals surface area contributed by atoms with Crippen LogP contribution < -0.4 is 20.2 Å². The second-order valence-corrected chi connectivity index (χ2v) is 10.9. The molecule has 0 saturated carbocycles. The van der Waals surface area contributed by atoms with Crippen molar-refractivity contribution in [2.24, 2.45) is 5.10 Å². The number of benzene rings is 3. The van der Waals surface area contributed by atoms with E-state index >= 15 is 0 Å². The molecule has 1 aromatic heterocycles. The monoisotopic (exact) mass is 686 g/mol. The smallest absolute Gasteiger partial charge is 0.416 e.